The van der Waals surface area contributed by atoms with Crippen LogP contribution in [0, 0.1) is 11.3 Å². The third kappa shape index (κ3) is 47.4. The van der Waals surface area contributed by atoms with E-state index in [1.54, 1.807) is 0 Å². The number of hydrogen-bond acceptors (Lipinski definition) is 36. The highest BCUT2D eigenvalue weighted by Gasteiger charge is 2.54. The van der Waals surface area contributed by atoms with E-state index in [2.05, 4.69) is 47.9 Å². The lowest BCUT2D eigenvalue weighted by molar-refractivity contribution is -0.277. The molecule has 3 aliphatic heterocycles. The molecule has 0 aromatic heterocycles. The van der Waals surface area contributed by atoms with Crippen molar-refractivity contribution >= 4 is 107 Å². The summed E-state index contributed by atoms with van der Waals surface area (Å²) >= 11 is 0. The van der Waals surface area contributed by atoms with E-state index in [9.17, 15) is 86.3 Å². The van der Waals surface area contributed by atoms with E-state index in [4.69, 9.17) is 85.3 Å². The van der Waals surface area contributed by atoms with Crippen LogP contribution in [0.5, 0.6) is 0 Å². The summed E-state index contributed by atoms with van der Waals surface area (Å²) in [6.45, 7) is 18.5. The van der Waals surface area contributed by atoms with Crippen LogP contribution in [0.4, 0.5) is 0 Å². The molecule has 15 atom stereocenters. The fourth-order valence-corrected chi connectivity index (χ4v) is 13.4. The van der Waals surface area contributed by atoms with E-state index in [0.717, 1.165) is 55.4 Å². The highest BCUT2D eigenvalue weighted by Crippen LogP contribution is 2.34. The Morgan fingerprint density at radius 2 is 0.531 bits per heavy atom. The van der Waals surface area contributed by atoms with Gasteiger partial charge in [-0.3, -0.25) is 86.3 Å². The Kier molecular flexibility index (Phi) is 54.7. The lowest BCUT2D eigenvalue weighted by Gasteiger charge is -2.45. The molecule has 45 heteroatoms. The number of rotatable bonds is 62. The number of hydrogen-bond donors (Lipinski definition) is 9. The minimum absolute atomic E-state index is 0.00782. The molecule has 0 radical (unpaired) electrons. The van der Waals surface area contributed by atoms with Crippen LogP contribution in [0.2, 0.25) is 0 Å². The average Bonchev–Trinajstić information content (AvgIpc) is 0.800. The van der Waals surface area contributed by atoms with E-state index in [1.807, 2.05) is 13.8 Å². The van der Waals surface area contributed by atoms with Gasteiger partial charge in [-0.15, -0.1) is 0 Å². The van der Waals surface area contributed by atoms with Crippen LogP contribution in [0.25, 0.3) is 0 Å². The molecule has 0 aromatic rings. The monoisotopic (exact) mass is 1830 g/mol. The second-order valence-corrected chi connectivity index (χ2v) is 31.1. The first-order valence-corrected chi connectivity index (χ1v) is 43.1. The maximum absolute atomic E-state index is 13.0. The van der Waals surface area contributed by atoms with Crippen molar-refractivity contribution in [2.24, 2.45) is 11.3 Å². The third-order valence-corrected chi connectivity index (χ3v) is 19.5. The van der Waals surface area contributed by atoms with E-state index in [-0.39, 0.29) is 192 Å². The van der Waals surface area contributed by atoms with Gasteiger partial charge >= 0.3 is 53.7 Å². The SMILES string of the molecule is CC(=O)N[C@H]1[C@H](OCCCCC(=O)NCCCNC(=O)CCOCC(COCCC(=O)NCCCNC(=O)CCCCO[C@@H]2O[C@H](COC(C)=O)[C@H](OC(C)=O)[C@H](OC(C)=O)[C@H]2NC(C)=O)(COCCC(=O)NCCCNC(=O)CCCCO[C@@H]2O[C@H](COC(C)=O)[C@H](OC(C)=O)[C@H](OC(C)=O)[C@H]2NC(C)=O)C(C)C)O[C@H](CCOC(C)=O)[C@H](OC(C)=O)[C@@H]1OC(C)=O. The minimum Gasteiger partial charge on any atom is -0.466 e. The second-order valence-electron chi connectivity index (χ2n) is 31.1. The molecular formula is C83H135N9O36. The molecule has 0 spiro atoms. The van der Waals surface area contributed by atoms with E-state index in [1.165, 1.54) is 27.7 Å². The maximum atomic E-state index is 13.0. The van der Waals surface area contributed by atoms with Crippen LogP contribution < -0.4 is 47.9 Å². The molecule has 45 nitrogen and oxygen atoms in total. The number of esters is 9. The highest BCUT2D eigenvalue weighted by atomic mass is 16.7. The largest absolute Gasteiger partial charge is 0.466 e. The zero-order valence-electron chi connectivity index (χ0n) is 76.0. The van der Waals surface area contributed by atoms with E-state index >= 15 is 0 Å². The smallest absolute Gasteiger partial charge is 0.303 e. The third-order valence-electron chi connectivity index (χ3n) is 19.5. The first-order chi connectivity index (χ1) is 60.7. The maximum Gasteiger partial charge on any atom is 0.303 e. The lowest BCUT2D eigenvalue weighted by Crippen LogP contribution is -2.66. The molecule has 3 aliphatic rings. The average molecular weight is 1840 g/mol. The first-order valence-electron chi connectivity index (χ1n) is 43.1. The van der Waals surface area contributed by atoms with Crippen LogP contribution in [-0.2, 0) is 172 Å². The topological polar surface area (TPSA) is 582 Å². The van der Waals surface area contributed by atoms with Crippen LogP contribution in [0.15, 0.2) is 0 Å². The Labute approximate surface area is 745 Å². The fourth-order valence-electron chi connectivity index (χ4n) is 13.4. The summed E-state index contributed by atoms with van der Waals surface area (Å²) in [7, 11) is 0. The number of unbranched alkanes of at least 4 members (excludes halogenated alkanes) is 3. The molecule has 3 fully saturated rings. The summed E-state index contributed by atoms with van der Waals surface area (Å²) in [6.07, 6.45) is -11.1. The Hall–Kier alpha value is -9.90. The van der Waals surface area contributed by atoms with Crippen LogP contribution >= 0.6 is 0 Å². The van der Waals surface area contributed by atoms with E-state index < -0.39 is 182 Å². The lowest BCUT2D eigenvalue weighted by atomic mass is 9.79. The molecular weight excluding hydrogens is 1700 g/mol. The van der Waals surface area contributed by atoms with Crippen molar-refractivity contribution in [3.63, 3.8) is 0 Å². The van der Waals surface area contributed by atoms with Crippen molar-refractivity contribution < 1.29 is 172 Å². The van der Waals surface area contributed by atoms with Gasteiger partial charge in [0.2, 0.25) is 53.2 Å². The first kappa shape index (κ1) is 112. The quantitative estimate of drug-likeness (QED) is 0.0213. The van der Waals surface area contributed by atoms with Crippen molar-refractivity contribution in [3.8, 4) is 0 Å². The second kappa shape index (κ2) is 62.4. The zero-order valence-corrected chi connectivity index (χ0v) is 76.0. The predicted molar refractivity (Wildman–Crippen MR) is 442 cm³/mol. The Morgan fingerprint density at radius 3 is 0.781 bits per heavy atom. The molecule has 3 heterocycles. The van der Waals surface area contributed by atoms with Crippen LogP contribution in [-0.4, -0.2) is 317 Å². The predicted octanol–water partition coefficient (Wildman–Crippen LogP) is -0.365. The minimum atomic E-state index is -1.29. The molecule has 9 amide bonds. The van der Waals surface area contributed by atoms with Crippen molar-refractivity contribution in [1.82, 2.24) is 47.9 Å². The fraction of sp³-hybridized carbons (Fsp3) is 0.783. The molecule has 9 N–H and O–H groups in total. The summed E-state index contributed by atoms with van der Waals surface area (Å²) in [6, 6.07) is -3.42. The number of carbonyl (C=O) groups is 18. The molecule has 128 heavy (non-hydrogen) atoms. The summed E-state index contributed by atoms with van der Waals surface area (Å²) in [5, 5.41) is 24.8. The summed E-state index contributed by atoms with van der Waals surface area (Å²) in [5.41, 5.74) is -0.854. The van der Waals surface area contributed by atoms with Crippen molar-refractivity contribution in [2.45, 2.75) is 292 Å². The van der Waals surface area contributed by atoms with Gasteiger partial charge in [-0.25, -0.2) is 0 Å². The molecule has 0 bridgehead atoms. The van der Waals surface area contributed by atoms with Gasteiger partial charge in [-0.05, 0) is 63.7 Å². The number of nitrogens with one attached hydrogen (secondary N) is 9. The Balaban J connectivity index is 1.52. The summed E-state index contributed by atoms with van der Waals surface area (Å²) in [5.74, 6) is -9.93. The van der Waals surface area contributed by atoms with Gasteiger partial charge in [0.05, 0.1) is 46.2 Å². The van der Waals surface area contributed by atoms with Gasteiger partial charge < -0.3 is 133 Å². The van der Waals surface area contributed by atoms with E-state index in [0.29, 0.717) is 57.8 Å². The van der Waals surface area contributed by atoms with Gasteiger partial charge in [0.1, 0.15) is 49.7 Å². The Morgan fingerprint density at radius 1 is 0.281 bits per heavy atom. The summed E-state index contributed by atoms with van der Waals surface area (Å²) in [4.78, 5) is 222. The number of amides is 9. The standard InChI is InChI=1S/C83H135N9O36/c1-49(2)83(47-112-41-29-69(109)88-35-22-32-85-66(106)25-16-19-38-116-81-72(91-51(4)94)78(124-60(13)103)75(121-57(10)100)63(127-81)44-118-54(7)97,48-113-42-30-70(110)89-36-23-33-86-67(107)26-17-20-39-117-82-73(92-52(5)95)79(125-61(14)104)76(122-58(11)101)64(128-82)45-119-55(8)98)46-111-40-28-68(108)87-34-21-31-84-65(105)24-15-18-37-115-80-71(90-50(3)93)77(123-59(12)102)74(120-56(9)99)62(126-80)27-43-114-53(6)96/h49,62-64,71-82H,15-48H2,1-14H3,(H,84,105)(H,85,106)(H,86,107)(H,87,108)(H,88,109)(H,89,110)(H,90,93)(H,91,94)(H,92,95)/t62-,63-,64-,71-,72-,73-,74+,75+,76+,77-,78-,79-,80-,81-,82-/m1/s1. The normalized spacial score (nSPS) is 21.8. The highest BCUT2D eigenvalue weighted by molar-refractivity contribution is 5.79. The zero-order chi connectivity index (χ0) is 95.3. The van der Waals surface area contributed by atoms with Gasteiger partial charge in [0.15, 0.2) is 55.5 Å². The molecule has 728 valence electrons. The van der Waals surface area contributed by atoms with Crippen molar-refractivity contribution in [3.05, 3.63) is 0 Å². The van der Waals surface area contributed by atoms with Crippen molar-refractivity contribution in [2.75, 3.05) is 119 Å². The summed E-state index contributed by atoms with van der Waals surface area (Å²) < 4.78 is 103. The van der Waals surface area contributed by atoms with Gasteiger partial charge in [0, 0.05) is 193 Å². The molecule has 0 aliphatic carbocycles. The van der Waals surface area contributed by atoms with Crippen molar-refractivity contribution in [1.29, 1.82) is 0 Å². The Bertz CT molecular complexity index is 3410. The number of carbonyl (C=O) groups excluding carboxylic acids is 18. The molecule has 3 rings (SSSR count). The number of ether oxygens (including phenoxy) is 18. The molecule has 0 unspecified atom stereocenters. The van der Waals surface area contributed by atoms with Gasteiger partial charge in [-0.2, -0.15) is 0 Å². The van der Waals surface area contributed by atoms with Gasteiger partial charge in [-0.1, -0.05) is 13.8 Å². The van der Waals surface area contributed by atoms with Gasteiger partial charge in [0.25, 0.3) is 0 Å². The van der Waals surface area contributed by atoms with Crippen LogP contribution in [0.3, 0.4) is 0 Å². The molecule has 3 saturated heterocycles. The molecule has 0 aromatic carbocycles. The molecule has 0 saturated carbocycles. The van der Waals surface area contributed by atoms with Crippen LogP contribution in [0.1, 0.15) is 200 Å².